The highest BCUT2D eigenvalue weighted by atomic mass is 32.1. The van der Waals surface area contributed by atoms with Crippen molar-refractivity contribution in [2.45, 2.75) is 0 Å². The zero-order chi connectivity index (χ0) is 74.4. The van der Waals surface area contributed by atoms with Crippen LogP contribution < -0.4 is 62.2 Å². The highest BCUT2D eigenvalue weighted by Crippen LogP contribution is 2.57. The standard InChI is InChI=1S/C102H62B2N6S4/c1-5-29-63(30-6-1)105(64-31-7-2-8-32-64)67-57-86-100-87(58-67)108(80-46-26-54-94-97(80)71-38-14-22-51-91(71)111-94)78-44-19-17-42-74(78)103(100)76-61-77-85(62-84(76)107(86)66-35-11-4-12-36-66)110(82-48-28-56-96-99(82)73-40-16-24-53-93(73)113-96)89-60-68(106(65-33-9-3-10-34-65)83-49-25-41-70-69-37-13-21-50-90(69)114-102(70)83)59-88-101(89)104(77)75-43-18-20-45-79(75)109(88)81-47-27-55-95-98(81)72-39-15-23-52-92(72)112-95/h1-62H. The van der Waals surface area contributed by atoms with Crippen LogP contribution in [0.15, 0.2) is 376 Å². The van der Waals surface area contributed by atoms with Gasteiger partial charge in [0.15, 0.2) is 0 Å². The van der Waals surface area contributed by atoms with E-state index in [1.165, 1.54) is 113 Å². The van der Waals surface area contributed by atoms with E-state index in [1.54, 1.807) is 0 Å². The third kappa shape index (κ3) is 9.36. The lowest BCUT2D eigenvalue weighted by Gasteiger charge is -2.48. The van der Waals surface area contributed by atoms with Crippen LogP contribution >= 0.6 is 45.3 Å². The summed E-state index contributed by atoms with van der Waals surface area (Å²) in [5, 5.41) is 9.99. The molecule has 4 aliphatic heterocycles. The van der Waals surface area contributed by atoms with E-state index in [0.29, 0.717) is 0 Å². The van der Waals surface area contributed by atoms with Gasteiger partial charge in [0.2, 0.25) is 0 Å². The fraction of sp³-hybridized carbons (Fsp3) is 0. The van der Waals surface area contributed by atoms with Gasteiger partial charge in [0.05, 0.1) is 38.8 Å². The SMILES string of the molecule is c1ccc(N(c2ccccc2)c2cc3c4c(c2)N(c2cccc5sc6ccccc6c25)c2ccccc2B4c2cc4c(cc2N3c2ccccc2)N(c2cccc3sc5ccccc5c23)c2cc(N(c3ccccc3)c3cccc5c3sc3ccccc35)cc3c2B4c2ccccc2N3c2cccc3sc4ccccc4c23)cc1. The summed E-state index contributed by atoms with van der Waals surface area (Å²) in [6, 6.07) is 142. The van der Waals surface area contributed by atoms with Gasteiger partial charge in [-0.15, -0.1) is 45.3 Å². The Hall–Kier alpha value is -13.5. The average molecular weight is 1520 g/mol. The van der Waals surface area contributed by atoms with Gasteiger partial charge >= 0.3 is 0 Å². The largest absolute Gasteiger partial charge is 0.311 e. The Balaban J connectivity index is 0.833. The van der Waals surface area contributed by atoms with Crippen LogP contribution in [0.2, 0.25) is 0 Å². The van der Waals surface area contributed by atoms with E-state index in [0.717, 1.165) is 102 Å². The Bertz CT molecular complexity index is 7550. The van der Waals surface area contributed by atoms with Gasteiger partial charge in [-0.2, -0.15) is 0 Å². The number of para-hydroxylation sites is 6. The molecule has 4 aliphatic rings. The van der Waals surface area contributed by atoms with Gasteiger partial charge in [-0.25, -0.2) is 0 Å². The second-order valence-corrected chi connectivity index (χ2v) is 34.4. The first kappa shape index (κ1) is 64.2. The molecule has 0 fully saturated rings. The van der Waals surface area contributed by atoms with Gasteiger partial charge < -0.3 is 29.4 Å². The first-order valence-corrected chi connectivity index (χ1v) is 42.2. The molecule has 0 atom stereocenters. The quantitative estimate of drug-likeness (QED) is 0.126. The van der Waals surface area contributed by atoms with E-state index in [1.807, 2.05) is 45.3 Å². The maximum atomic E-state index is 2.72. The zero-order valence-electron chi connectivity index (χ0n) is 61.3. The number of rotatable bonds is 10. The van der Waals surface area contributed by atoms with Crippen molar-refractivity contribution in [2.75, 3.05) is 29.4 Å². The lowest BCUT2D eigenvalue weighted by atomic mass is 9.30. The second kappa shape index (κ2) is 25.0. The molecule has 25 rings (SSSR count). The Morgan fingerprint density at radius 3 is 1.01 bits per heavy atom. The van der Waals surface area contributed by atoms with E-state index in [9.17, 15) is 0 Å². The van der Waals surface area contributed by atoms with E-state index in [2.05, 4.69) is 406 Å². The van der Waals surface area contributed by atoms with Crippen molar-refractivity contribution in [1.82, 2.24) is 0 Å². The molecule has 0 saturated carbocycles. The second-order valence-electron chi connectivity index (χ2n) is 30.1. The Labute approximate surface area is 674 Å². The minimum atomic E-state index is -0.264. The van der Waals surface area contributed by atoms with Crippen LogP contribution in [0.25, 0.3) is 80.7 Å². The molecule has 8 heterocycles. The Kier molecular flexibility index (Phi) is 14.1. The summed E-state index contributed by atoms with van der Waals surface area (Å²) in [5.41, 5.74) is 27.5. The lowest BCUT2D eigenvalue weighted by Crippen LogP contribution is -2.65. The molecule has 0 N–H and O–H groups in total. The molecular formula is C102H62B2N6S4. The van der Waals surface area contributed by atoms with Crippen molar-refractivity contribution in [3.8, 4) is 0 Å². The first-order valence-electron chi connectivity index (χ1n) is 38.9. The minimum Gasteiger partial charge on any atom is -0.311 e. The van der Waals surface area contributed by atoms with Gasteiger partial charge in [-0.3, -0.25) is 0 Å². The van der Waals surface area contributed by atoms with Crippen LogP contribution in [0, 0.1) is 0 Å². The molecule has 17 aromatic carbocycles. The summed E-state index contributed by atoms with van der Waals surface area (Å²) < 4.78 is 10.0. The van der Waals surface area contributed by atoms with Crippen LogP contribution in [0.4, 0.5) is 102 Å². The van der Waals surface area contributed by atoms with Crippen molar-refractivity contribution >= 4 is 275 Å². The van der Waals surface area contributed by atoms with Gasteiger partial charge in [-0.1, -0.05) is 218 Å². The molecule has 0 bridgehead atoms. The molecule has 12 heteroatoms. The monoisotopic (exact) mass is 1520 g/mol. The van der Waals surface area contributed by atoms with E-state index >= 15 is 0 Å². The number of benzene rings is 17. The van der Waals surface area contributed by atoms with Crippen LogP contribution in [-0.2, 0) is 0 Å². The molecule has 530 valence electrons. The van der Waals surface area contributed by atoms with Gasteiger partial charge in [0.1, 0.15) is 0 Å². The van der Waals surface area contributed by atoms with Crippen LogP contribution in [0.3, 0.4) is 0 Å². The summed E-state index contributed by atoms with van der Waals surface area (Å²) in [6.45, 7) is -0.506. The molecule has 6 nitrogen and oxygen atoms in total. The van der Waals surface area contributed by atoms with Crippen molar-refractivity contribution in [3.05, 3.63) is 376 Å². The van der Waals surface area contributed by atoms with Gasteiger partial charge in [-0.05, 0) is 191 Å². The summed E-state index contributed by atoms with van der Waals surface area (Å²) in [6.07, 6.45) is 0. The van der Waals surface area contributed by atoms with E-state index in [4.69, 9.17) is 0 Å². The predicted molar refractivity (Wildman–Crippen MR) is 495 cm³/mol. The fourth-order valence-electron chi connectivity index (χ4n) is 19.6. The molecule has 0 spiro atoms. The van der Waals surface area contributed by atoms with E-state index < -0.39 is 0 Å². The van der Waals surface area contributed by atoms with Crippen molar-refractivity contribution in [1.29, 1.82) is 0 Å². The molecule has 4 aromatic heterocycles. The first-order chi connectivity index (χ1) is 56.6. The maximum Gasteiger partial charge on any atom is 0.252 e. The maximum absolute atomic E-state index is 2.72. The normalized spacial score (nSPS) is 13.2. The molecule has 0 amide bonds. The number of hydrogen-bond donors (Lipinski definition) is 0. The number of nitrogens with zero attached hydrogens (tertiary/aromatic N) is 6. The third-order valence-corrected chi connectivity index (χ3v) is 28.7. The summed E-state index contributed by atoms with van der Waals surface area (Å²) in [7, 11) is 0. The number of thiophene rings is 4. The summed E-state index contributed by atoms with van der Waals surface area (Å²) >= 11 is 7.51. The third-order valence-electron chi connectivity index (χ3n) is 24.1. The number of anilines is 18. The highest BCUT2D eigenvalue weighted by molar-refractivity contribution is 7.27. The minimum absolute atomic E-state index is 0.242. The predicted octanol–water partition coefficient (Wildman–Crippen LogP) is 26.3. The van der Waals surface area contributed by atoms with Gasteiger partial charge in [0, 0.05) is 144 Å². The molecule has 0 aliphatic carbocycles. The van der Waals surface area contributed by atoms with E-state index in [-0.39, 0.29) is 13.4 Å². The molecule has 0 radical (unpaired) electrons. The van der Waals surface area contributed by atoms with Crippen LogP contribution in [-0.4, -0.2) is 13.4 Å². The Morgan fingerprint density at radius 2 is 0.535 bits per heavy atom. The van der Waals surface area contributed by atoms with Crippen molar-refractivity contribution < 1.29 is 0 Å². The molecule has 0 unspecified atom stereocenters. The summed E-state index contributed by atoms with van der Waals surface area (Å²) in [5.74, 6) is 0. The van der Waals surface area contributed by atoms with Crippen LogP contribution in [0.5, 0.6) is 0 Å². The number of fused-ring (bicyclic) bond motifs is 20. The zero-order valence-corrected chi connectivity index (χ0v) is 64.5. The lowest BCUT2D eigenvalue weighted by molar-refractivity contribution is 1.22. The summed E-state index contributed by atoms with van der Waals surface area (Å²) in [4.78, 5) is 15.7. The van der Waals surface area contributed by atoms with Gasteiger partial charge in [0.25, 0.3) is 13.4 Å². The van der Waals surface area contributed by atoms with Crippen molar-refractivity contribution in [3.63, 3.8) is 0 Å². The Morgan fingerprint density at radius 1 is 0.202 bits per heavy atom. The smallest absolute Gasteiger partial charge is 0.252 e. The molecular weight excluding hydrogens is 1460 g/mol. The fourth-order valence-corrected chi connectivity index (χ4v) is 24.2. The van der Waals surface area contributed by atoms with Crippen molar-refractivity contribution in [2.24, 2.45) is 0 Å². The van der Waals surface area contributed by atoms with Crippen LogP contribution in [0.1, 0.15) is 0 Å². The average Bonchev–Trinajstić information content (AvgIpc) is 0.819. The highest BCUT2D eigenvalue weighted by Gasteiger charge is 2.50. The molecule has 0 saturated heterocycles. The molecule has 21 aromatic rings. The topological polar surface area (TPSA) is 19.4 Å². The molecule has 114 heavy (non-hydrogen) atoms. The number of hydrogen-bond acceptors (Lipinski definition) is 10.